The van der Waals surface area contributed by atoms with Gasteiger partial charge in [-0.05, 0) is 6.92 Å². The van der Waals surface area contributed by atoms with E-state index in [0.717, 1.165) is 6.92 Å². The maximum atomic E-state index is 9.00. The van der Waals surface area contributed by atoms with E-state index in [9.17, 15) is 0 Å². The second-order valence-electron chi connectivity index (χ2n) is 2.51. The minimum Gasteiger partial charge on any atom is -0.481 e. The van der Waals surface area contributed by atoms with Crippen LogP contribution in [0.1, 0.15) is 12.5 Å². The van der Waals surface area contributed by atoms with E-state index in [2.05, 4.69) is 23.8 Å². The zero-order chi connectivity index (χ0) is 12.1. The van der Waals surface area contributed by atoms with Gasteiger partial charge >= 0.3 is 0 Å². The van der Waals surface area contributed by atoms with Crippen LogP contribution in [0, 0.1) is 6.92 Å². The number of carboxylic acids is 1. The second kappa shape index (κ2) is 12.2. The Morgan fingerprint density at radius 2 is 1.67 bits per heavy atom. The number of carboxylic acid groups (broad SMARTS) is 1. The molecule has 0 bridgehead atoms. The Labute approximate surface area is 89.5 Å². The molecule has 84 valence electrons. The van der Waals surface area contributed by atoms with Crippen molar-refractivity contribution >= 4 is 12.4 Å². The Kier molecular flexibility index (Phi) is 12.7. The normalized spacial score (nSPS) is 7.13. The molecule has 1 aromatic rings. The first-order chi connectivity index (χ1) is 7.04. The van der Waals surface area contributed by atoms with E-state index in [0.29, 0.717) is 6.47 Å². The first-order valence-corrected chi connectivity index (χ1v) is 4.22. The number of ether oxygens (including phenoxy) is 1. The number of methoxy groups -OCH3 is 1. The molecule has 4 nitrogen and oxygen atoms in total. The summed E-state index contributed by atoms with van der Waals surface area (Å²) in [7, 11) is 1.31. The number of carbonyl (C=O) groups excluding carboxylic acids is 1. The molecule has 0 heterocycles. The summed E-state index contributed by atoms with van der Waals surface area (Å²) in [6, 6.07) is 10.3. The summed E-state index contributed by atoms with van der Waals surface area (Å²) < 4.78 is 3.86. The van der Waals surface area contributed by atoms with Crippen LogP contribution in [0.2, 0.25) is 0 Å². The van der Waals surface area contributed by atoms with Crippen molar-refractivity contribution in [3.05, 3.63) is 35.9 Å². The third-order valence-electron chi connectivity index (χ3n) is 1.04. The van der Waals surface area contributed by atoms with Crippen LogP contribution in [0.25, 0.3) is 0 Å². The Bertz CT molecular complexity index is 253. The molecule has 0 atom stereocenters. The first-order valence-electron chi connectivity index (χ1n) is 4.22. The van der Waals surface area contributed by atoms with Gasteiger partial charge in [-0.2, -0.15) is 0 Å². The maximum Gasteiger partial charge on any atom is 0.300 e. The van der Waals surface area contributed by atoms with Crippen LogP contribution in [0.4, 0.5) is 0 Å². The number of benzene rings is 1. The van der Waals surface area contributed by atoms with Gasteiger partial charge in [0.05, 0.1) is 7.11 Å². The van der Waals surface area contributed by atoms with Gasteiger partial charge in [-0.1, -0.05) is 35.9 Å². The topological polar surface area (TPSA) is 63.6 Å². The average molecular weight is 212 g/mol. The highest BCUT2D eigenvalue weighted by molar-refractivity contribution is 5.62. The fraction of sp³-hybridized carbons (Fsp3) is 0.273. The second-order valence-corrected chi connectivity index (χ2v) is 2.51. The zero-order valence-corrected chi connectivity index (χ0v) is 9.14. The molecule has 1 N–H and O–H groups in total. The lowest BCUT2D eigenvalue weighted by molar-refractivity contribution is -0.134. The molecule has 0 fully saturated rings. The molecule has 1 rings (SSSR count). The largest absolute Gasteiger partial charge is 0.481 e. The number of hydrogen-bond donors (Lipinski definition) is 1. The molecule has 0 aliphatic carbocycles. The molecule has 0 unspecified atom stereocenters. The van der Waals surface area contributed by atoms with Gasteiger partial charge in [-0.3, -0.25) is 9.59 Å². The lowest BCUT2D eigenvalue weighted by Crippen LogP contribution is -1.78. The molecule has 0 saturated heterocycles. The van der Waals surface area contributed by atoms with E-state index in [1.54, 1.807) is 0 Å². The zero-order valence-electron chi connectivity index (χ0n) is 9.14. The van der Waals surface area contributed by atoms with Gasteiger partial charge in [-0.15, -0.1) is 0 Å². The van der Waals surface area contributed by atoms with Gasteiger partial charge in [0, 0.05) is 6.92 Å². The van der Waals surface area contributed by atoms with E-state index in [1.165, 1.54) is 12.7 Å². The molecule has 0 saturated carbocycles. The average Bonchev–Trinajstić information content (AvgIpc) is 2.18. The van der Waals surface area contributed by atoms with Crippen molar-refractivity contribution in [1.82, 2.24) is 0 Å². The van der Waals surface area contributed by atoms with Crippen molar-refractivity contribution in [2.75, 3.05) is 7.11 Å². The fourth-order valence-corrected chi connectivity index (χ4v) is 0.534. The molecule has 0 aliphatic heterocycles. The number of hydrogen-bond acceptors (Lipinski definition) is 3. The number of rotatable bonds is 1. The molecule has 1 aromatic carbocycles. The molecular weight excluding hydrogens is 196 g/mol. The molecular formula is C11H16O4. The molecule has 0 aliphatic rings. The predicted molar refractivity (Wildman–Crippen MR) is 57.6 cm³/mol. The number of aliphatic carboxylic acids is 1. The Hall–Kier alpha value is -1.84. The molecule has 0 aromatic heterocycles. The molecule has 4 heteroatoms. The summed E-state index contributed by atoms with van der Waals surface area (Å²) in [6.45, 7) is 3.54. The summed E-state index contributed by atoms with van der Waals surface area (Å²) in [4.78, 5) is 18.0. The highest BCUT2D eigenvalue weighted by atomic mass is 16.5. The van der Waals surface area contributed by atoms with E-state index in [1.807, 2.05) is 18.2 Å². The van der Waals surface area contributed by atoms with Gasteiger partial charge in [-0.25, -0.2) is 0 Å². The van der Waals surface area contributed by atoms with Crippen molar-refractivity contribution in [2.45, 2.75) is 13.8 Å². The van der Waals surface area contributed by atoms with Crippen LogP contribution in [0.15, 0.2) is 30.3 Å². The van der Waals surface area contributed by atoms with Crippen LogP contribution in [-0.2, 0) is 14.3 Å². The van der Waals surface area contributed by atoms with Crippen molar-refractivity contribution in [3.8, 4) is 0 Å². The first kappa shape index (κ1) is 15.6. The number of aryl methyl sites for hydroxylation is 1. The van der Waals surface area contributed by atoms with Crippen LogP contribution >= 0.6 is 0 Å². The van der Waals surface area contributed by atoms with E-state index < -0.39 is 5.97 Å². The minimum atomic E-state index is -0.833. The lowest BCUT2D eigenvalue weighted by atomic mass is 10.2. The SMILES string of the molecule is CC(=O)O.COC=O.Cc1ccccc1. The third-order valence-corrected chi connectivity index (χ3v) is 1.04. The van der Waals surface area contributed by atoms with E-state index >= 15 is 0 Å². The highest BCUT2D eigenvalue weighted by Gasteiger charge is 1.72. The summed E-state index contributed by atoms with van der Waals surface area (Å²) in [5.41, 5.74) is 1.32. The van der Waals surface area contributed by atoms with Crippen LogP contribution in [0.5, 0.6) is 0 Å². The smallest absolute Gasteiger partial charge is 0.300 e. The summed E-state index contributed by atoms with van der Waals surface area (Å²) in [6.07, 6.45) is 0. The summed E-state index contributed by atoms with van der Waals surface area (Å²) in [5, 5.41) is 7.42. The van der Waals surface area contributed by atoms with Gasteiger partial charge in [0.25, 0.3) is 12.4 Å². The standard InChI is InChI=1S/C7H8.2C2H4O2/c1-7-5-3-2-4-6-7;1-4-2-3;1-2(3)4/h2-6H,1H3;2H,1H3;1H3,(H,3,4). The van der Waals surface area contributed by atoms with Crippen molar-refractivity contribution < 1.29 is 19.4 Å². The summed E-state index contributed by atoms with van der Waals surface area (Å²) >= 11 is 0. The molecule has 0 radical (unpaired) electrons. The van der Waals surface area contributed by atoms with Gasteiger partial charge in [0.15, 0.2) is 0 Å². The van der Waals surface area contributed by atoms with Crippen molar-refractivity contribution in [1.29, 1.82) is 0 Å². The van der Waals surface area contributed by atoms with Crippen molar-refractivity contribution in [2.24, 2.45) is 0 Å². The predicted octanol–water partition coefficient (Wildman–Crippen LogP) is 1.88. The highest BCUT2D eigenvalue weighted by Crippen LogP contribution is 1.92. The lowest BCUT2D eigenvalue weighted by Gasteiger charge is -1.82. The monoisotopic (exact) mass is 212 g/mol. The quantitative estimate of drug-likeness (QED) is 0.722. The maximum absolute atomic E-state index is 9.00. The Morgan fingerprint density at radius 1 is 1.33 bits per heavy atom. The van der Waals surface area contributed by atoms with Crippen LogP contribution in [0.3, 0.4) is 0 Å². The molecule has 15 heavy (non-hydrogen) atoms. The van der Waals surface area contributed by atoms with E-state index in [-0.39, 0.29) is 0 Å². The van der Waals surface area contributed by atoms with Gasteiger partial charge in [0.1, 0.15) is 0 Å². The third kappa shape index (κ3) is 24.5. The van der Waals surface area contributed by atoms with Crippen LogP contribution < -0.4 is 0 Å². The molecule has 0 spiro atoms. The summed E-state index contributed by atoms with van der Waals surface area (Å²) in [5.74, 6) is -0.833. The van der Waals surface area contributed by atoms with Gasteiger partial charge < -0.3 is 9.84 Å². The number of carbonyl (C=O) groups is 2. The Balaban J connectivity index is 0. The van der Waals surface area contributed by atoms with Crippen LogP contribution in [-0.4, -0.2) is 24.7 Å². The fourth-order valence-electron chi connectivity index (χ4n) is 0.534. The minimum absolute atomic E-state index is 0.375. The van der Waals surface area contributed by atoms with E-state index in [4.69, 9.17) is 14.7 Å². The Morgan fingerprint density at radius 3 is 1.80 bits per heavy atom. The van der Waals surface area contributed by atoms with Gasteiger partial charge in [0.2, 0.25) is 0 Å². The molecule has 0 amide bonds. The van der Waals surface area contributed by atoms with Crippen molar-refractivity contribution in [3.63, 3.8) is 0 Å².